The fraction of sp³-hybridized carbons (Fsp3) is 0.778. The molecule has 1 amide bonds. The van der Waals surface area contributed by atoms with Crippen LogP contribution in [0, 0.1) is 5.92 Å². The van der Waals surface area contributed by atoms with Crippen LogP contribution in [-0.4, -0.2) is 40.2 Å². The number of hydrogen-bond acceptors (Lipinski definition) is 3. The molecule has 1 unspecified atom stereocenters. The molecule has 0 N–H and O–H groups in total. The first-order valence-corrected chi connectivity index (χ1v) is 8.34. The lowest BCUT2D eigenvalue weighted by Gasteiger charge is -2.36. The minimum Gasteiger partial charge on any atom is -0.490 e. The van der Waals surface area contributed by atoms with E-state index in [2.05, 4.69) is 32.7 Å². The normalized spacial score (nSPS) is 29.2. The van der Waals surface area contributed by atoms with Crippen LogP contribution in [0.2, 0.25) is 0 Å². The molecule has 2 heterocycles. The lowest BCUT2D eigenvalue weighted by molar-refractivity contribution is -0.129. The zero-order valence-electron chi connectivity index (χ0n) is 15.0. The summed E-state index contributed by atoms with van der Waals surface area (Å²) in [5, 5.41) is 0. The van der Waals surface area contributed by atoms with Crippen molar-refractivity contribution < 1.29 is 9.53 Å². The molecule has 22 heavy (non-hydrogen) atoms. The first-order valence-electron chi connectivity index (χ1n) is 8.34. The van der Waals surface area contributed by atoms with Crippen molar-refractivity contribution in [2.45, 2.75) is 85.0 Å². The highest BCUT2D eigenvalue weighted by atomic mass is 16.5. The number of rotatable bonds is 4. The Morgan fingerprint density at radius 3 is 2.50 bits per heavy atom. The highest BCUT2D eigenvalue weighted by molar-refractivity contribution is 5.93. The first-order chi connectivity index (χ1) is 10.1. The SMILES string of the molecule is CC1=N[C@@H](C)[C@@H](N2C(=O)C=C(OC(C)(C)C)C2CC(C)C)C1. The van der Waals surface area contributed by atoms with Crippen molar-refractivity contribution in [1.29, 1.82) is 0 Å². The van der Waals surface area contributed by atoms with Gasteiger partial charge in [0.15, 0.2) is 0 Å². The maximum Gasteiger partial charge on any atom is 0.250 e. The Morgan fingerprint density at radius 2 is 2.05 bits per heavy atom. The number of carbonyl (C=O) groups is 1. The van der Waals surface area contributed by atoms with E-state index in [1.165, 1.54) is 0 Å². The average Bonchev–Trinajstić information content (AvgIpc) is 2.77. The van der Waals surface area contributed by atoms with E-state index < -0.39 is 0 Å². The van der Waals surface area contributed by atoms with E-state index in [1.54, 1.807) is 6.08 Å². The van der Waals surface area contributed by atoms with Gasteiger partial charge in [-0.25, -0.2) is 0 Å². The minimum atomic E-state index is -0.287. The fourth-order valence-corrected chi connectivity index (χ4v) is 3.40. The van der Waals surface area contributed by atoms with Crippen LogP contribution < -0.4 is 0 Å². The summed E-state index contributed by atoms with van der Waals surface area (Å²) >= 11 is 0. The Bertz CT molecular complexity index is 500. The third-order valence-electron chi connectivity index (χ3n) is 4.15. The van der Waals surface area contributed by atoms with Gasteiger partial charge in [-0.15, -0.1) is 0 Å². The summed E-state index contributed by atoms with van der Waals surface area (Å²) in [7, 11) is 0. The molecular formula is C18H30N2O2. The Morgan fingerprint density at radius 1 is 1.41 bits per heavy atom. The summed E-state index contributed by atoms with van der Waals surface area (Å²) in [6.07, 6.45) is 3.49. The van der Waals surface area contributed by atoms with Crippen molar-refractivity contribution in [1.82, 2.24) is 4.90 Å². The second-order valence-corrected chi connectivity index (χ2v) is 8.03. The molecule has 0 fully saturated rings. The van der Waals surface area contributed by atoms with Crippen LogP contribution in [0.15, 0.2) is 16.8 Å². The molecule has 3 atom stereocenters. The van der Waals surface area contributed by atoms with Crippen LogP contribution in [-0.2, 0) is 9.53 Å². The molecule has 2 aliphatic heterocycles. The number of ether oxygens (including phenoxy) is 1. The van der Waals surface area contributed by atoms with Crippen molar-refractivity contribution in [2.24, 2.45) is 10.9 Å². The maximum atomic E-state index is 12.6. The lowest BCUT2D eigenvalue weighted by Crippen LogP contribution is -2.47. The second-order valence-electron chi connectivity index (χ2n) is 8.03. The van der Waals surface area contributed by atoms with E-state index in [4.69, 9.17) is 4.74 Å². The summed E-state index contributed by atoms with van der Waals surface area (Å²) in [6, 6.07) is 0.370. The van der Waals surface area contributed by atoms with Gasteiger partial charge in [-0.3, -0.25) is 9.79 Å². The lowest BCUT2D eigenvalue weighted by atomic mass is 9.98. The smallest absolute Gasteiger partial charge is 0.250 e. The van der Waals surface area contributed by atoms with Crippen molar-refractivity contribution in [2.75, 3.05) is 0 Å². The fourth-order valence-electron chi connectivity index (χ4n) is 3.40. The molecule has 0 aromatic carbocycles. The molecule has 2 aliphatic rings. The van der Waals surface area contributed by atoms with Crippen molar-refractivity contribution in [3.63, 3.8) is 0 Å². The topological polar surface area (TPSA) is 41.9 Å². The predicted octanol–water partition coefficient (Wildman–Crippen LogP) is 3.56. The molecule has 4 nitrogen and oxygen atoms in total. The van der Waals surface area contributed by atoms with Gasteiger partial charge < -0.3 is 9.64 Å². The molecule has 0 radical (unpaired) electrons. The van der Waals surface area contributed by atoms with Crippen LogP contribution in [0.5, 0.6) is 0 Å². The standard InChI is InChI=1S/C18H30N2O2/c1-11(2)8-15-16(22-18(5,6)7)10-17(21)20(15)14-9-12(3)19-13(14)4/h10-11,13-15H,8-9H2,1-7H3/t13-,14-,15?/m0/s1. The molecule has 4 heteroatoms. The molecular weight excluding hydrogens is 276 g/mol. The van der Waals surface area contributed by atoms with E-state index in [-0.39, 0.29) is 29.6 Å². The van der Waals surface area contributed by atoms with Crippen LogP contribution in [0.25, 0.3) is 0 Å². The number of aliphatic imine (C=N–C) groups is 1. The van der Waals surface area contributed by atoms with Gasteiger partial charge in [-0.1, -0.05) is 13.8 Å². The average molecular weight is 306 g/mol. The van der Waals surface area contributed by atoms with Crippen molar-refractivity contribution >= 4 is 11.6 Å². The Labute approximate surface area is 134 Å². The van der Waals surface area contributed by atoms with Gasteiger partial charge in [0.1, 0.15) is 11.4 Å². The number of hydrogen-bond donors (Lipinski definition) is 0. The first kappa shape index (κ1) is 17.0. The molecule has 0 spiro atoms. The Balaban J connectivity index is 2.24. The number of nitrogens with zero attached hydrogens (tertiary/aromatic N) is 2. The van der Waals surface area contributed by atoms with Crippen LogP contribution in [0.1, 0.15) is 61.3 Å². The number of amides is 1. The van der Waals surface area contributed by atoms with Gasteiger partial charge in [0.2, 0.25) is 0 Å². The highest BCUT2D eigenvalue weighted by Crippen LogP contribution is 2.34. The van der Waals surface area contributed by atoms with Crippen molar-refractivity contribution in [3.8, 4) is 0 Å². The number of carbonyl (C=O) groups excluding carboxylic acids is 1. The van der Waals surface area contributed by atoms with E-state index in [0.29, 0.717) is 5.92 Å². The van der Waals surface area contributed by atoms with E-state index >= 15 is 0 Å². The molecule has 0 aromatic rings. The molecule has 0 bridgehead atoms. The monoisotopic (exact) mass is 306 g/mol. The summed E-state index contributed by atoms with van der Waals surface area (Å²) in [4.78, 5) is 19.3. The van der Waals surface area contributed by atoms with Gasteiger partial charge in [-0.2, -0.15) is 0 Å². The zero-order valence-corrected chi connectivity index (χ0v) is 15.0. The zero-order chi connectivity index (χ0) is 16.7. The second kappa shape index (κ2) is 6.05. The predicted molar refractivity (Wildman–Crippen MR) is 90.0 cm³/mol. The summed E-state index contributed by atoms with van der Waals surface area (Å²) in [6.45, 7) is 14.6. The van der Waals surface area contributed by atoms with Crippen LogP contribution in [0.3, 0.4) is 0 Å². The third kappa shape index (κ3) is 3.71. The maximum absolute atomic E-state index is 12.6. The van der Waals surface area contributed by atoms with E-state index in [0.717, 1.165) is 24.3 Å². The van der Waals surface area contributed by atoms with Crippen molar-refractivity contribution in [3.05, 3.63) is 11.8 Å². The largest absolute Gasteiger partial charge is 0.490 e. The van der Waals surface area contributed by atoms with E-state index in [1.807, 2.05) is 25.7 Å². The van der Waals surface area contributed by atoms with Gasteiger partial charge in [-0.05, 0) is 47.0 Å². The molecule has 0 aromatic heterocycles. The quantitative estimate of drug-likeness (QED) is 0.797. The summed E-state index contributed by atoms with van der Waals surface area (Å²) in [5.41, 5.74) is 0.851. The molecule has 0 aliphatic carbocycles. The van der Waals surface area contributed by atoms with E-state index in [9.17, 15) is 4.79 Å². The molecule has 2 rings (SSSR count). The van der Waals surface area contributed by atoms with Gasteiger partial charge in [0, 0.05) is 18.2 Å². The third-order valence-corrected chi connectivity index (χ3v) is 4.15. The molecule has 124 valence electrons. The molecule has 0 saturated carbocycles. The highest BCUT2D eigenvalue weighted by Gasteiger charge is 2.43. The summed E-state index contributed by atoms with van der Waals surface area (Å²) in [5.74, 6) is 1.40. The Hall–Kier alpha value is -1.32. The summed E-state index contributed by atoms with van der Waals surface area (Å²) < 4.78 is 6.10. The van der Waals surface area contributed by atoms with Gasteiger partial charge in [0.05, 0.1) is 18.1 Å². The molecule has 0 saturated heterocycles. The van der Waals surface area contributed by atoms with Gasteiger partial charge in [0.25, 0.3) is 5.91 Å². The minimum absolute atomic E-state index is 0.0419. The van der Waals surface area contributed by atoms with Gasteiger partial charge >= 0.3 is 0 Å². The Kier molecular flexibility index (Phi) is 4.69. The van der Waals surface area contributed by atoms with Crippen LogP contribution >= 0.6 is 0 Å². The van der Waals surface area contributed by atoms with Crippen LogP contribution in [0.4, 0.5) is 0 Å².